The first kappa shape index (κ1) is 79.1. The number of esters is 3. The second-order valence-corrected chi connectivity index (χ2v) is 24.5. The second-order valence-electron chi connectivity index (χ2n) is 24.5. The van der Waals surface area contributed by atoms with Crippen molar-refractivity contribution in [3.05, 3.63) is 60.8 Å². The minimum atomic E-state index is -0.778. The lowest BCUT2D eigenvalue weighted by Crippen LogP contribution is -2.30. The maximum Gasteiger partial charge on any atom is 0.306 e. The van der Waals surface area contributed by atoms with Gasteiger partial charge in [-0.1, -0.05) is 345 Å². The van der Waals surface area contributed by atoms with Crippen molar-refractivity contribution in [2.24, 2.45) is 0 Å². The molecular weight excluding hydrogens is 1010 g/mol. The quantitative estimate of drug-likeness (QED) is 0.0261. The van der Waals surface area contributed by atoms with Crippen LogP contribution in [-0.2, 0) is 28.6 Å². The first-order valence-corrected chi connectivity index (χ1v) is 36.3. The molecule has 6 nitrogen and oxygen atoms in total. The van der Waals surface area contributed by atoms with E-state index in [2.05, 4.69) is 81.5 Å². The summed E-state index contributed by atoms with van der Waals surface area (Å²) in [4.78, 5) is 38.5. The molecule has 82 heavy (non-hydrogen) atoms. The van der Waals surface area contributed by atoms with Crippen molar-refractivity contribution in [3.8, 4) is 0 Å². The van der Waals surface area contributed by atoms with Crippen molar-refractivity contribution >= 4 is 17.9 Å². The van der Waals surface area contributed by atoms with Gasteiger partial charge in [-0.2, -0.15) is 0 Å². The first-order chi connectivity index (χ1) is 40.5. The molecule has 0 N–H and O–H groups in total. The maximum absolute atomic E-state index is 13.0. The number of ether oxygens (including phenoxy) is 3. The Labute approximate surface area is 510 Å². The fourth-order valence-corrected chi connectivity index (χ4v) is 10.8. The third kappa shape index (κ3) is 67.9. The molecule has 0 aromatic heterocycles. The Morgan fingerprint density at radius 1 is 0.256 bits per heavy atom. The highest BCUT2D eigenvalue weighted by molar-refractivity contribution is 5.71. The van der Waals surface area contributed by atoms with Gasteiger partial charge in [0.05, 0.1) is 0 Å². The lowest BCUT2D eigenvalue weighted by atomic mass is 10.0. The van der Waals surface area contributed by atoms with E-state index in [0.29, 0.717) is 19.3 Å². The van der Waals surface area contributed by atoms with Gasteiger partial charge in [-0.25, -0.2) is 0 Å². The van der Waals surface area contributed by atoms with Crippen LogP contribution in [0.15, 0.2) is 60.8 Å². The van der Waals surface area contributed by atoms with Crippen molar-refractivity contribution in [1.29, 1.82) is 0 Å². The molecule has 0 aromatic carbocycles. The molecule has 0 aliphatic carbocycles. The number of hydrogen-bond acceptors (Lipinski definition) is 6. The van der Waals surface area contributed by atoms with Crippen LogP contribution in [0.25, 0.3) is 0 Å². The number of hydrogen-bond donors (Lipinski definition) is 0. The van der Waals surface area contributed by atoms with E-state index >= 15 is 0 Å². The fraction of sp³-hybridized carbons (Fsp3) is 0.829. The molecule has 0 aromatic rings. The van der Waals surface area contributed by atoms with Gasteiger partial charge in [0, 0.05) is 19.3 Å². The maximum atomic E-state index is 13.0. The molecule has 0 saturated carbocycles. The monoisotopic (exact) mass is 1150 g/mol. The van der Waals surface area contributed by atoms with E-state index in [1.807, 2.05) is 0 Å². The molecule has 0 rings (SSSR count). The summed E-state index contributed by atoms with van der Waals surface area (Å²) < 4.78 is 17.0. The summed E-state index contributed by atoms with van der Waals surface area (Å²) >= 11 is 0. The zero-order valence-corrected chi connectivity index (χ0v) is 55.0. The summed E-state index contributed by atoms with van der Waals surface area (Å²) in [5, 5.41) is 0. The van der Waals surface area contributed by atoms with Crippen LogP contribution >= 0.6 is 0 Å². The van der Waals surface area contributed by atoms with Crippen molar-refractivity contribution in [2.75, 3.05) is 13.2 Å². The number of rotatable bonds is 67. The summed E-state index contributed by atoms with van der Waals surface area (Å²) in [6, 6.07) is 0. The third-order valence-corrected chi connectivity index (χ3v) is 16.3. The Kier molecular flexibility index (Phi) is 68.1. The van der Waals surface area contributed by atoms with Gasteiger partial charge in [-0.15, -0.1) is 0 Å². The Hall–Kier alpha value is -2.89. The van der Waals surface area contributed by atoms with Crippen LogP contribution in [0.3, 0.4) is 0 Å². The van der Waals surface area contributed by atoms with Gasteiger partial charge in [0.25, 0.3) is 0 Å². The van der Waals surface area contributed by atoms with Crippen molar-refractivity contribution in [1.82, 2.24) is 0 Å². The lowest BCUT2D eigenvalue weighted by Gasteiger charge is -2.18. The van der Waals surface area contributed by atoms with Crippen LogP contribution in [0.1, 0.15) is 387 Å². The number of allylic oxidation sites excluding steroid dienone is 10. The fourth-order valence-electron chi connectivity index (χ4n) is 10.8. The summed E-state index contributed by atoms with van der Waals surface area (Å²) in [7, 11) is 0. The van der Waals surface area contributed by atoms with E-state index in [1.165, 1.54) is 257 Å². The normalized spacial score (nSPS) is 12.4. The predicted octanol–water partition coefficient (Wildman–Crippen LogP) is 25.1. The van der Waals surface area contributed by atoms with E-state index < -0.39 is 6.10 Å². The smallest absolute Gasteiger partial charge is 0.306 e. The van der Waals surface area contributed by atoms with Gasteiger partial charge in [-0.05, 0) is 83.5 Å². The molecule has 0 saturated heterocycles. The van der Waals surface area contributed by atoms with Gasteiger partial charge >= 0.3 is 17.9 Å². The van der Waals surface area contributed by atoms with Gasteiger partial charge in [0.1, 0.15) is 13.2 Å². The average Bonchev–Trinajstić information content (AvgIpc) is 3.47. The summed E-state index contributed by atoms with van der Waals surface area (Å²) in [6.07, 6.45) is 91.2. The first-order valence-electron chi connectivity index (χ1n) is 36.3. The van der Waals surface area contributed by atoms with Gasteiger partial charge in [0.15, 0.2) is 6.10 Å². The molecule has 0 aliphatic heterocycles. The van der Waals surface area contributed by atoms with E-state index in [0.717, 1.165) is 89.9 Å². The van der Waals surface area contributed by atoms with Crippen molar-refractivity contribution < 1.29 is 28.6 Å². The van der Waals surface area contributed by atoms with Crippen LogP contribution in [0.2, 0.25) is 0 Å². The predicted molar refractivity (Wildman–Crippen MR) is 358 cm³/mol. The SMILES string of the molecule is CC/C=C\C/C=C\C/C=C\C/C=C\CCCCCCCCCCCCCCC(=O)OC(COC(=O)CCCCCCC/C=C\CCCCCC)COC(=O)CCCCCCCCCCCCCCCCCCCCCCCCCCCC. The molecule has 0 bridgehead atoms. The van der Waals surface area contributed by atoms with E-state index in [-0.39, 0.29) is 31.1 Å². The zero-order chi connectivity index (χ0) is 59.2. The Morgan fingerprint density at radius 3 is 0.768 bits per heavy atom. The third-order valence-electron chi connectivity index (χ3n) is 16.3. The summed E-state index contributed by atoms with van der Waals surface area (Å²) in [5.74, 6) is -0.859. The summed E-state index contributed by atoms with van der Waals surface area (Å²) in [6.45, 7) is 6.57. The van der Waals surface area contributed by atoms with E-state index in [1.54, 1.807) is 0 Å². The van der Waals surface area contributed by atoms with Gasteiger partial charge in [-0.3, -0.25) is 14.4 Å². The molecule has 0 spiro atoms. The largest absolute Gasteiger partial charge is 0.462 e. The molecule has 0 fully saturated rings. The molecule has 1 unspecified atom stereocenters. The molecule has 0 heterocycles. The Morgan fingerprint density at radius 2 is 0.476 bits per heavy atom. The van der Waals surface area contributed by atoms with Crippen LogP contribution in [0.4, 0.5) is 0 Å². The van der Waals surface area contributed by atoms with E-state index in [9.17, 15) is 14.4 Å². The second kappa shape index (κ2) is 70.6. The van der Waals surface area contributed by atoms with Crippen molar-refractivity contribution in [2.45, 2.75) is 393 Å². The average molecular weight is 1150 g/mol. The number of unbranched alkanes of at least 4 members (excludes halogenated alkanes) is 46. The number of carbonyl (C=O) groups is 3. The molecule has 1 atom stereocenters. The zero-order valence-electron chi connectivity index (χ0n) is 55.0. The van der Waals surface area contributed by atoms with Crippen LogP contribution in [0.5, 0.6) is 0 Å². The molecule has 0 amide bonds. The highest BCUT2D eigenvalue weighted by Gasteiger charge is 2.19. The highest BCUT2D eigenvalue weighted by atomic mass is 16.6. The molecule has 0 radical (unpaired) electrons. The lowest BCUT2D eigenvalue weighted by molar-refractivity contribution is -0.167. The molecular formula is C76H138O6. The van der Waals surface area contributed by atoms with Crippen LogP contribution < -0.4 is 0 Å². The minimum Gasteiger partial charge on any atom is -0.462 e. The highest BCUT2D eigenvalue weighted by Crippen LogP contribution is 2.19. The molecule has 6 heteroatoms. The number of carbonyl (C=O) groups excluding carboxylic acids is 3. The summed E-state index contributed by atoms with van der Waals surface area (Å²) in [5.41, 5.74) is 0. The Balaban J connectivity index is 4.23. The Bertz CT molecular complexity index is 1460. The van der Waals surface area contributed by atoms with E-state index in [4.69, 9.17) is 14.2 Å². The minimum absolute atomic E-state index is 0.0729. The van der Waals surface area contributed by atoms with Crippen LogP contribution in [-0.4, -0.2) is 37.2 Å². The topological polar surface area (TPSA) is 78.9 Å². The molecule has 478 valence electrons. The van der Waals surface area contributed by atoms with Crippen molar-refractivity contribution in [3.63, 3.8) is 0 Å². The van der Waals surface area contributed by atoms with Gasteiger partial charge < -0.3 is 14.2 Å². The standard InChI is InChI=1S/C76H138O6/c1-4-7-10-13-16-19-22-25-27-29-31-33-35-37-39-40-42-44-46-48-51-54-57-60-63-66-69-75(78)81-72-73(71-80-74(77)68-65-62-59-56-53-50-24-21-18-15-12-9-6-3)82-76(79)70-67-64-61-58-55-52-49-47-45-43-41-38-36-34-32-30-28-26-23-20-17-14-11-8-5-2/h8,11,17,20-21,24,26,28,32,34,73H,4-7,9-10,12-16,18-19,22-23,25,27,29-31,33,35-72H2,1-3H3/b11-8-,20-17-,24-21-,28-26-,34-32-. The van der Waals surface area contributed by atoms with Gasteiger partial charge in [0.2, 0.25) is 0 Å². The van der Waals surface area contributed by atoms with Crippen LogP contribution in [0, 0.1) is 0 Å². The molecule has 0 aliphatic rings.